The van der Waals surface area contributed by atoms with Gasteiger partial charge in [-0.15, -0.1) is 0 Å². The SMILES string of the molecule is O=C(c1cc(F)ccc1-c1ncccn1)N1C[C@@H]2CC[C@H]1[C@H](Nc1ccc(C(F)(F)F)cn1)C2. The zero-order chi connectivity index (χ0) is 23.9. The van der Waals surface area contributed by atoms with Gasteiger partial charge in [0.15, 0.2) is 5.82 Å². The number of rotatable bonds is 4. The topological polar surface area (TPSA) is 71.0 Å². The molecule has 1 aliphatic carbocycles. The van der Waals surface area contributed by atoms with Crippen molar-refractivity contribution in [2.75, 3.05) is 11.9 Å². The van der Waals surface area contributed by atoms with E-state index in [1.165, 1.54) is 24.3 Å². The molecule has 2 aromatic heterocycles. The van der Waals surface area contributed by atoms with Crippen molar-refractivity contribution in [2.45, 2.75) is 37.5 Å². The van der Waals surface area contributed by atoms with Crippen molar-refractivity contribution >= 4 is 11.7 Å². The van der Waals surface area contributed by atoms with E-state index in [4.69, 9.17) is 0 Å². The van der Waals surface area contributed by atoms with Crippen LogP contribution in [0.5, 0.6) is 0 Å². The third kappa shape index (κ3) is 4.32. The lowest BCUT2D eigenvalue weighted by Crippen LogP contribution is -2.59. The number of pyridine rings is 1. The summed E-state index contributed by atoms with van der Waals surface area (Å²) in [5.74, 6) is 0.0296. The first-order chi connectivity index (χ1) is 16.3. The largest absolute Gasteiger partial charge is 0.417 e. The molecular formula is C24H21F4N5O. The summed E-state index contributed by atoms with van der Waals surface area (Å²) in [7, 11) is 0. The highest BCUT2D eigenvalue weighted by molar-refractivity contribution is 6.00. The molecule has 10 heteroatoms. The molecule has 34 heavy (non-hydrogen) atoms. The summed E-state index contributed by atoms with van der Waals surface area (Å²) in [6.07, 6.45) is 1.91. The summed E-state index contributed by atoms with van der Waals surface area (Å²) >= 11 is 0. The molecule has 2 bridgehead atoms. The minimum Gasteiger partial charge on any atom is -0.365 e. The minimum absolute atomic E-state index is 0.175. The first kappa shape index (κ1) is 22.2. The monoisotopic (exact) mass is 471 g/mol. The molecule has 176 valence electrons. The number of halogens is 4. The van der Waals surface area contributed by atoms with E-state index in [-0.39, 0.29) is 29.5 Å². The molecule has 6 rings (SSSR count). The molecule has 3 aromatic rings. The quantitative estimate of drug-likeness (QED) is 0.554. The second-order valence-corrected chi connectivity index (χ2v) is 8.65. The zero-order valence-electron chi connectivity index (χ0n) is 18.0. The van der Waals surface area contributed by atoms with Crippen molar-refractivity contribution in [2.24, 2.45) is 5.92 Å². The van der Waals surface area contributed by atoms with Crippen LogP contribution in [0.2, 0.25) is 0 Å². The van der Waals surface area contributed by atoms with E-state index < -0.39 is 17.6 Å². The van der Waals surface area contributed by atoms with Gasteiger partial charge in [-0.05, 0) is 61.6 Å². The summed E-state index contributed by atoms with van der Waals surface area (Å²) in [6, 6.07) is 7.54. The lowest BCUT2D eigenvalue weighted by Gasteiger charge is -2.50. The number of nitrogens with one attached hydrogen (secondary N) is 1. The molecule has 4 heterocycles. The summed E-state index contributed by atoms with van der Waals surface area (Å²) < 4.78 is 52.7. The Morgan fingerprint density at radius 1 is 1.06 bits per heavy atom. The maximum atomic E-state index is 14.1. The predicted molar refractivity (Wildman–Crippen MR) is 116 cm³/mol. The van der Waals surface area contributed by atoms with Crippen LogP contribution < -0.4 is 5.32 Å². The average Bonchev–Trinajstić information content (AvgIpc) is 2.84. The molecule has 3 atom stereocenters. The standard InChI is InChI=1S/C24H21F4N5O/c25-16-4-5-17(22-29-8-1-9-30-22)18(11-16)23(34)33-13-14-2-6-20(33)19(10-14)32-21-7-3-15(12-31-21)24(26,27)28/h1,3-5,7-9,11-12,14,19-20H,2,6,10,13H2,(H,31,32)/t14-,19-,20+/m1/s1. The lowest BCUT2D eigenvalue weighted by molar-refractivity contribution is -0.137. The Hall–Kier alpha value is -3.56. The molecule has 1 aromatic carbocycles. The van der Waals surface area contributed by atoms with Gasteiger partial charge in [0, 0.05) is 36.7 Å². The van der Waals surface area contributed by atoms with Crippen molar-refractivity contribution in [1.82, 2.24) is 19.9 Å². The van der Waals surface area contributed by atoms with Gasteiger partial charge in [-0.1, -0.05) is 0 Å². The fourth-order valence-corrected chi connectivity index (χ4v) is 4.90. The van der Waals surface area contributed by atoms with Crippen LogP contribution in [0.3, 0.4) is 0 Å². The van der Waals surface area contributed by atoms with Gasteiger partial charge in [-0.2, -0.15) is 13.2 Å². The summed E-state index contributed by atoms with van der Waals surface area (Å²) in [4.78, 5) is 27.7. The van der Waals surface area contributed by atoms with Crippen molar-refractivity contribution in [3.63, 3.8) is 0 Å². The van der Waals surface area contributed by atoms with Gasteiger partial charge >= 0.3 is 6.18 Å². The minimum atomic E-state index is -4.45. The molecule has 6 nitrogen and oxygen atoms in total. The smallest absolute Gasteiger partial charge is 0.365 e. The normalized spacial score (nSPS) is 22.0. The van der Waals surface area contributed by atoms with E-state index in [9.17, 15) is 22.4 Å². The van der Waals surface area contributed by atoms with Gasteiger partial charge in [0.05, 0.1) is 17.2 Å². The van der Waals surface area contributed by atoms with Gasteiger partial charge in [-0.3, -0.25) is 4.79 Å². The number of benzene rings is 1. The van der Waals surface area contributed by atoms with Gasteiger partial charge in [0.25, 0.3) is 5.91 Å². The fourth-order valence-electron chi connectivity index (χ4n) is 4.90. The van der Waals surface area contributed by atoms with Crippen LogP contribution in [-0.2, 0) is 6.18 Å². The number of amides is 1. The van der Waals surface area contributed by atoms with Crippen LogP contribution in [0.1, 0.15) is 35.2 Å². The van der Waals surface area contributed by atoms with Crippen molar-refractivity contribution < 1.29 is 22.4 Å². The molecule has 1 saturated carbocycles. The molecule has 2 saturated heterocycles. The van der Waals surface area contributed by atoms with E-state index in [1.807, 2.05) is 0 Å². The first-order valence-corrected chi connectivity index (χ1v) is 11.0. The number of carbonyl (C=O) groups is 1. The number of fused-ring (bicyclic) bond motifs is 3. The Morgan fingerprint density at radius 2 is 1.85 bits per heavy atom. The van der Waals surface area contributed by atoms with Gasteiger partial charge < -0.3 is 10.2 Å². The van der Waals surface area contributed by atoms with Crippen LogP contribution >= 0.6 is 0 Å². The van der Waals surface area contributed by atoms with Crippen LogP contribution in [0.25, 0.3) is 11.4 Å². The van der Waals surface area contributed by atoms with Gasteiger partial charge in [0.1, 0.15) is 11.6 Å². The molecule has 2 aliphatic heterocycles. The number of alkyl halides is 3. The molecule has 0 radical (unpaired) electrons. The van der Waals surface area contributed by atoms with Crippen molar-refractivity contribution in [3.8, 4) is 11.4 Å². The molecule has 1 amide bonds. The Morgan fingerprint density at radius 3 is 2.53 bits per heavy atom. The van der Waals surface area contributed by atoms with Crippen LogP contribution in [0.4, 0.5) is 23.4 Å². The molecule has 0 unspecified atom stereocenters. The molecule has 0 spiro atoms. The number of hydrogen-bond donors (Lipinski definition) is 1. The third-order valence-corrected chi connectivity index (χ3v) is 6.48. The van der Waals surface area contributed by atoms with Crippen LogP contribution in [-0.4, -0.2) is 44.4 Å². The molecular weight excluding hydrogens is 450 g/mol. The number of hydrogen-bond acceptors (Lipinski definition) is 5. The summed E-state index contributed by atoms with van der Waals surface area (Å²) in [5.41, 5.74) is -0.186. The summed E-state index contributed by atoms with van der Waals surface area (Å²) in [5, 5.41) is 3.21. The van der Waals surface area contributed by atoms with Gasteiger partial charge in [-0.25, -0.2) is 19.3 Å². The summed E-state index contributed by atoms with van der Waals surface area (Å²) in [6.45, 7) is 0.535. The Bertz CT molecular complexity index is 1190. The van der Waals surface area contributed by atoms with E-state index in [0.29, 0.717) is 23.8 Å². The Labute approximate surface area is 193 Å². The zero-order valence-corrected chi connectivity index (χ0v) is 18.0. The maximum Gasteiger partial charge on any atom is 0.417 e. The number of anilines is 1. The van der Waals surface area contributed by atoms with E-state index in [0.717, 1.165) is 31.5 Å². The molecule has 3 aliphatic rings. The van der Waals surface area contributed by atoms with Crippen molar-refractivity contribution in [1.29, 1.82) is 0 Å². The number of carbonyl (C=O) groups excluding carboxylic acids is 1. The molecule has 3 fully saturated rings. The maximum absolute atomic E-state index is 14.1. The molecule has 1 N–H and O–H groups in total. The highest BCUT2D eigenvalue weighted by Gasteiger charge is 2.43. The second kappa shape index (κ2) is 8.66. The Balaban J connectivity index is 1.40. The highest BCUT2D eigenvalue weighted by Crippen LogP contribution is 2.38. The third-order valence-electron chi connectivity index (χ3n) is 6.48. The second-order valence-electron chi connectivity index (χ2n) is 8.65. The fraction of sp³-hybridized carbons (Fsp3) is 0.333. The average molecular weight is 471 g/mol. The number of nitrogens with zero attached hydrogens (tertiary/aromatic N) is 4. The predicted octanol–water partition coefficient (Wildman–Crippen LogP) is 4.80. The van der Waals surface area contributed by atoms with E-state index in [2.05, 4.69) is 20.3 Å². The lowest BCUT2D eigenvalue weighted by atomic mass is 9.76. The van der Waals surface area contributed by atoms with Gasteiger partial charge in [0.2, 0.25) is 0 Å². The van der Waals surface area contributed by atoms with E-state index in [1.54, 1.807) is 23.4 Å². The van der Waals surface area contributed by atoms with Crippen LogP contribution in [0.15, 0.2) is 55.0 Å². The van der Waals surface area contributed by atoms with E-state index >= 15 is 0 Å². The number of aromatic nitrogens is 3. The number of piperidine rings is 2. The van der Waals surface area contributed by atoms with Crippen LogP contribution in [0, 0.1) is 11.7 Å². The highest BCUT2D eigenvalue weighted by atomic mass is 19.4. The first-order valence-electron chi connectivity index (χ1n) is 11.0. The Kier molecular flexibility index (Phi) is 5.66. The van der Waals surface area contributed by atoms with Crippen molar-refractivity contribution in [3.05, 3.63) is 71.9 Å².